The van der Waals surface area contributed by atoms with Gasteiger partial charge in [-0.1, -0.05) is 31.9 Å². The van der Waals surface area contributed by atoms with Crippen LogP contribution in [0.1, 0.15) is 61.5 Å². The Morgan fingerprint density at radius 2 is 1.92 bits per heavy atom. The van der Waals surface area contributed by atoms with E-state index in [4.69, 9.17) is 10.8 Å². The molecule has 3 aromatic heterocycles. The van der Waals surface area contributed by atoms with Crippen LogP contribution in [-0.4, -0.2) is 54.5 Å². The van der Waals surface area contributed by atoms with Gasteiger partial charge in [0.05, 0.1) is 11.4 Å². The fourth-order valence-corrected chi connectivity index (χ4v) is 4.82. The highest BCUT2D eigenvalue weighted by Gasteiger charge is 2.28. The number of pyridine rings is 1. The van der Waals surface area contributed by atoms with Gasteiger partial charge >= 0.3 is 0 Å². The average molecular weight is 523 g/mol. The van der Waals surface area contributed by atoms with Crippen molar-refractivity contribution in [2.45, 2.75) is 45.6 Å². The summed E-state index contributed by atoms with van der Waals surface area (Å²) in [4.78, 5) is 40.0. The molecule has 198 valence electrons. The van der Waals surface area contributed by atoms with E-state index >= 15 is 0 Å². The number of hydrogen-bond donors (Lipinski definition) is 2. The lowest BCUT2D eigenvalue weighted by molar-refractivity contribution is -0.126. The molecular weight excluding hydrogens is 492 g/mol. The molecular formula is C29H30N8O2. The summed E-state index contributed by atoms with van der Waals surface area (Å²) in [6.45, 7) is 6.98. The Morgan fingerprint density at radius 3 is 2.67 bits per heavy atom. The first-order chi connectivity index (χ1) is 18.9. The molecule has 10 nitrogen and oxygen atoms in total. The molecule has 0 radical (unpaired) electrons. The quantitative estimate of drug-likeness (QED) is 0.378. The van der Waals surface area contributed by atoms with Crippen molar-refractivity contribution < 1.29 is 9.59 Å². The predicted octanol–water partition coefficient (Wildman–Crippen LogP) is 4.03. The van der Waals surface area contributed by atoms with Crippen molar-refractivity contribution in [1.82, 2.24) is 29.6 Å². The van der Waals surface area contributed by atoms with E-state index in [2.05, 4.69) is 46.0 Å². The molecule has 2 amide bonds. The topological polar surface area (TPSA) is 132 Å². The second-order valence-electron chi connectivity index (χ2n) is 9.83. The molecule has 1 aromatic carbocycles. The van der Waals surface area contributed by atoms with Crippen molar-refractivity contribution in [3.05, 3.63) is 60.0 Å². The number of anilines is 2. The molecule has 1 aliphatic rings. The highest BCUT2D eigenvalue weighted by atomic mass is 16.2. The number of nitrogen functional groups attached to an aromatic ring is 1. The van der Waals surface area contributed by atoms with E-state index in [-0.39, 0.29) is 17.9 Å². The average Bonchev–Trinajstić information content (AvgIpc) is 3.34. The molecule has 0 aliphatic carbocycles. The molecule has 1 atom stereocenters. The Bertz CT molecular complexity index is 1600. The minimum Gasteiger partial charge on any atom is -0.383 e. The minimum atomic E-state index is -0.254. The summed E-state index contributed by atoms with van der Waals surface area (Å²) in [5, 5.41) is 8.41. The van der Waals surface area contributed by atoms with Crippen LogP contribution in [0.25, 0.3) is 22.3 Å². The highest BCUT2D eigenvalue weighted by molar-refractivity contribution is 6.04. The summed E-state index contributed by atoms with van der Waals surface area (Å²) in [6.07, 6.45) is 4.79. The van der Waals surface area contributed by atoms with Gasteiger partial charge in [-0.3, -0.25) is 9.59 Å². The first-order valence-corrected chi connectivity index (χ1v) is 12.9. The summed E-state index contributed by atoms with van der Waals surface area (Å²) >= 11 is 0. The van der Waals surface area contributed by atoms with Gasteiger partial charge in [-0.2, -0.15) is 5.10 Å². The highest BCUT2D eigenvalue weighted by Crippen LogP contribution is 2.34. The number of aromatic nitrogens is 5. The third kappa shape index (κ3) is 5.29. The van der Waals surface area contributed by atoms with Crippen molar-refractivity contribution in [1.29, 1.82) is 0 Å². The molecule has 1 unspecified atom stereocenters. The van der Waals surface area contributed by atoms with Crippen LogP contribution < -0.4 is 11.1 Å². The Balaban J connectivity index is 1.43. The number of fused-ring (bicyclic) bond motifs is 1. The first kappa shape index (κ1) is 25.9. The third-order valence-corrected chi connectivity index (χ3v) is 6.89. The fourth-order valence-electron chi connectivity index (χ4n) is 4.82. The number of hydrogen-bond acceptors (Lipinski definition) is 7. The molecule has 39 heavy (non-hydrogen) atoms. The zero-order chi connectivity index (χ0) is 27.5. The van der Waals surface area contributed by atoms with E-state index in [0.717, 1.165) is 24.0 Å². The molecule has 0 bridgehead atoms. The van der Waals surface area contributed by atoms with Gasteiger partial charge in [-0.05, 0) is 61.4 Å². The molecule has 0 spiro atoms. The van der Waals surface area contributed by atoms with E-state index in [9.17, 15) is 9.59 Å². The molecule has 10 heteroatoms. The normalized spacial score (nSPS) is 15.2. The number of amides is 2. The molecule has 1 saturated heterocycles. The smallest absolute Gasteiger partial charge is 0.298 e. The number of nitrogens with one attached hydrogen (secondary N) is 1. The van der Waals surface area contributed by atoms with Crippen LogP contribution in [0.5, 0.6) is 0 Å². The molecule has 3 N–H and O–H groups in total. The Kier molecular flexibility index (Phi) is 7.23. The number of likely N-dealkylation sites (tertiary alicyclic amines) is 1. The van der Waals surface area contributed by atoms with E-state index in [1.54, 1.807) is 30.2 Å². The van der Waals surface area contributed by atoms with E-state index < -0.39 is 0 Å². The zero-order valence-corrected chi connectivity index (χ0v) is 22.2. The molecule has 4 aromatic rings. The SMILES string of the molecule is CC#CC(=O)N1CCCC(n2nc(-c3ccc(C(=O)Nc4cc(C(C)C)ccn4)cc3)c3c(N)ncnc32)C1. The van der Waals surface area contributed by atoms with E-state index in [0.29, 0.717) is 52.9 Å². The zero-order valence-electron chi connectivity index (χ0n) is 22.2. The van der Waals surface area contributed by atoms with Crippen molar-refractivity contribution in [2.24, 2.45) is 0 Å². The summed E-state index contributed by atoms with van der Waals surface area (Å²) < 4.78 is 1.84. The number of carbonyl (C=O) groups excluding carboxylic acids is 2. The maximum absolute atomic E-state index is 12.9. The molecule has 0 saturated carbocycles. The summed E-state index contributed by atoms with van der Waals surface area (Å²) in [5.41, 5.74) is 9.88. The van der Waals surface area contributed by atoms with Gasteiger partial charge in [0.2, 0.25) is 0 Å². The van der Waals surface area contributed by atoms with Crippen molar-refractivity contribution in [3.63, 3.8) is 0 Å². The Hall–Kier alpha value is -4.78. The summed E-state index contributed by atoms with van der Waals surface area (Å²) in [5.74, 6) is 6.03. The number of nitrogens with zero attached hydrogens (tertiary/aromatic N) is 6. The maximum atomic E-state index is 12.9. The van der Waals surface area contributed by atoms with Crippen LogP contribution in [0.3, 0.4) is 0 Å². The number of rotatable bonds is 5. The Morgan fingerprint density at radius 1 is 1.13 bits per heavy atom. The van der Waals surface area contributed by atoms with Gasteiger partial charge in [0.25, 0.3) is 11.8 Å². The summed E-state index contributed by atoms with van der Waals surface area (Å²) in [7, 11) is 0. The van der Waals surface area contributed by atoms with E-state index in [1.807, 2.05) is 28.9 Å². The first-order valence-electron chi connectivity index (χ1n) is 12.9. The van der Waals surface area contributed by atoms with Crippen molar-refractivity contribution >= 4 is 34.5 Å². The molecule has 1 fully saturated rings. The van der Waals surface area contributed by atoms with Crippen LogP contribution in [0.2, 0.25) is 0 Å². The monoisotopic (exact) mass is 522 g/mol. The number of benzene rings is 1. The molecule has 1 aliphatic heterocycles. The van der Waals surface area contributed by atoms with Crippen LogP contribution in [0, 0.1) is 11.8 Å². The lowest BCUT2D eigenvalue weighted by Gasteiger charge is -2.31. The van der Waals surface area contributed by atoms with Crippen molar-refractivity contribution in [2.75, 3.05) is 24.1 Å². The fraction of sp³-hybridized carbons (Fsp3) is 0.310. The predicted molar refractivity (Wildman–Crippen MR) is 150 cm³/mol. The van der Waals surface area contributed by atoms with Crippen molar-refractivity contribution in [3.8, 4) is 23.1 Å². The minimum absolute atomic E-state index is 0.0777. The van der Waals surface area contributed by atoms with Gasteiger partial charge < -0.3 is 16.0 Å². The second kappa shape index (κ2) is 10.9. The second-order valence-corrected chi connectivity index (χ2v) is 9.83. The van der Waals surface area contributed by atoms with Gasteiger partial charge in [0.1, 0.15) is 23.7 Å². The lowest BCUT2D eigenvalue weighted by atomic mass is 10.0. The summed E-state index contributed by atoms with van der Waals surface area (Å²) in [6, 6.07) is 10.9. The Labute approximate surface area is 226 Å². The van der Waals surface area contributed by atoms with Gasteiger partial charge in [0, 0.05) is 30.4 Å². The molecule has 4 heterocycles. The largest absolute Gasteiger partial charge is 0.383 e. The van der Waals surface area contributed by atoms with Crippen LogP contribution in [-0.2, 0) is 4.79 Å². The third-order valence-electron chi connectivity index (χ3n) is 6.89. The number of piperidine rings is 1. The van der Waals surface area contributed by atoms with Crippen LogP contribution in [0.15, 0.2) is 48.9 Å². The van der Waals surface area contributed by atoms with E-state index in [1.165, 1.54) is 6.33 Å². The van der Waals surface area contributed by atoms with Gasteiger partial charge in [0.15, 0.2) is 5.65 Å². The maximum Gasteiger partial charge on any atom is 0.298 e. The van der Waals surface area contributed by atoms with Gasteiger partial charge in [-0.15, -0.1) is 0 Å². The van der Waals surface area contributed by atoms with Gasteiger partial charge in [-0.25, -0.2) is 19.6 Å². The lowest BCUT2D eigenvalue weighted by Crippen LogP contribution is -2.40. The number of carbonyl (C=O) groups is 2. The standard InChI is InChI=1S/C29H30N8O2/c1-4-6-24(38)36-14-5-7-22(16-36)37-28-25(27(30)32-17-33-28)26(35-37)19-8-10-20(11-9-19)29(39)34-23-15-21(18(2)3)12-13-31-23/h8-13,15,17-18,22H,5,7,14,16H2,1-3H3,(H2,30,32,33)(H,31,34,39). The molecule has 5 rings (SSSR count). The van der Waals surface area contributed by atoms with Crippen LogP contribution >= 0.6 is 0 Å². The van der Waals surface area contributed by atoms with Crippen LogP contribution in [0.4, 0.5) is 11.6 Å². The number of nitrogens with two attached hydrogens (primary N) is 1.